The van der Waals surface area contributed by atoms with Crippen LogP contribution in [0.25, 0.3) is 10.9 Å². The molecule has 0 aliphatic carbocycles. The Hall–Kier alpha value is -4.66. The van der Waals surface area contributed by atoms with Gasteiger partial charge in [-0.2, -0.15) is 4.98 Å². The van der Waals surface area contributed by atoms with Gasteiger partial charge in [0.2, 0.25) is 5.91 Å². The van der Waals surface area contributed by atoms with E-state index in [0.717, 1.165) is 11.1 Å². The molecule has 0 fully saturated rings. The third-order valence-electron chi connectivity index (χ3n) is 6.48. The van der Waals surface area contributed by atoms with Gasteiger partial charge in [-0.3, -0.25) is 10.1 Å². The number of hydrogen-bond donors (Lipinski definition) is 2. The van der Waals surface area contributed by atoms with Crippen molar-refractivity contribution < 1.29 is 18.7 Å². The number of nitrogens with one attached hydrogen (secondary N) is 2. The first-order valence-electron chi connectivity index (χ1n) is 13.6. The largest absolute Gasteiger partial charge is 0.444 e. The summed E-state index contributed by atoms with van der Waals surface area (Å²) in [5.41, 5.74) is 1.95. The van der Waals surface area contributed by atoms with E-state index in [1.54, 1.807) is 44.7 Å². The van der Waals surface area contributed by atoms with E-state index in [9.17, 15) is 14.4 Å². The number of aromatic nitrogens is 1. The van der Waals surface area contributed by atoms with E-state index in [2.05, 4.69) is 15.6 Å². The number of ether oxygens (including phenoxy) is 1. The zero-order chi connectivity index (χ0) is 29.6. The summed E-state index contributed by atoms with van der Waals surface area (Å²) in [6.07, 6.45) is -0.263. The van der Waals surface area contributed by atoms with Crippen molar-refractivity contribution in [1.29, 1.82) is 0 Å². The van der Waals surface area contributed by atoms with Gasteiger partial charge in [0, 0.05) is 25.2 Å². The fourth-order valence-electron chi connectivity index (χ4n) is 4.50. The molecule has 0 bridgehead atoms. The number of anilines is 2. The Labute approximate surface area is 239 Å². The number of fused-ring (bicyclic) bond motifs is 1. The van der Waals surface area contributed by atoms with Crippen molar-refractivity contribution >= 4 is 34.6 Å². The van der Waals surface area contributed by atoms with Gasteiger partial charge in [-0.1, -0.05) is 60.7 Å². The van der Waals surface area contributed by atoms with Crippen LogP contribution < -0.4 is 16.3 Å². The normalized spacial score (nSPS) is 12.0. The van der Waals surface area contributed by atoms with Gasteiger partial charge in [0.25, 0.3) is 6.01 Å². The van der Waals surface area contributed by atoms with Gasteiger partial charge in [0.15, 0.2) is 0 Å². The average molecular weight is 557 g/mol. The Morgan fingerprint density at radius 2 is 1.61 bits per heavy atom. The van der Waals surface area contributed by atoms with Crippen LogP contribution >= 0.6 is 0 Å². The number of aryl methyl sites for hydroxylation is 1. The van der Waals surface area contributed by atoms with E-state index in [1.165, 1.54) is 0 Å². The molecule has 41 heavy (non-hydrogen) atoms. The number of carbonyl (C=O) groups excluding carboxylic acids is 2. The molecule has 4 rings (SSSR count). The highest BCUT2D eigenvalue weighted by Crippen LogP contribution is 2.24. The molecule has 0 spiro atoms. The molecule has 9 heteroatoms. The summed E-state index contributed by atoms with van der Waals surface area (Å²) < 4.78 is 10.9. The van der Waals surface area contributed by atoms with E-state index in [1.807, 2.05) is 67.6 Å². The highest BCUT2D eigenvalue weighted by atomic mass is 16.6. The van der Waals surface area contributed by atoms with Crippen LogP contribution in [0.4, 0.5) is 16.5 Å². The van der Waals surface area contributed by atoms with Crippen LogP contribution in [-0.2, 0) is 22.5 Å². The monoisotopic (exact) mass is 556 g/mol. The van der Waals surface area contributed by atoms with Crippen LogP contribution in [0.3, 0.4) is 0 Å². The molecule has 1 atom stereocenters. The molecule has 2 N–H and O–H groups in total. The SMILES string of the molecule is CCN(Cc1ccccc1)C(=O)[C@H](Cc1ccccc1)Nc1nc2ccc(NC(=O)OC(C)(C)C)c(C)c2c(=O)o1. The summed E-state index contributed by atoms with van der Waals surface area (Å²) in [4.78, 5) is 45.5. The molecule has 0 unspecified atom stereocenters. The third-order valence-corrected chi connectivity index (χ3v) is 6.48. The van der Waals surface area contributed by atoms with E-state index < -0.39 is 23.4 Å². The number of hydrogen-bond acceptors (Lipinski definition) is 7. The lowest BCUT2D eigenvalue weighted by Gasteiger charge is -2.27. The lowest BCUT2D eigenvalue weighted by atomic mass is 10.0. The van der Waals surface area contributed by atoms with Gasteiger partial charge in [0.1, 0.15) is 11.6 Å². The lowest BCUT2D eigenvalue weighted by Crippen LogP contribution is -2.44. The third kappa shape index (κ3) is 7.72. The second-order valence-electron chi connectivity index (χ2n) is 10.8. The maximum absolute atomic E-state index is 13.8. The Morgan fingerprint density at radius 3 is 2.22 bits per heavy atom. The summed E-state index contributed by atoms with van der Waals surface area (Å²) in [5.74, 6) is -0.141. The molecule has 1 aromatic heterocycles. The maximum atomic E-state index is 13.8. The zero-order valence-electron chi connectivity index (χ0n) is 24.1. The molecule has 214 valence electrons. The van der Waals surface area contributed by atoms with Crippen LogP contribution in [0.15, 0.2) is 82.0 Å². The van der Waals surface area contributed by atoms with E-state index >= 15 is 0 Å². The number of likely N-dealkylation sites (N-methyl/N-ethyl adjacent to an activating group) is 1. The summed E-state index contributed by atoms with van der Waals surface area (Å²) in [6, 6.07) is 21.9. The molecule has 0 saturated heterocycles. The van der Waals surface area contributed by atoms with Crippen molar-refractivity contribution in [3.8, 4) is 0 Å². The van der Waals surface area contributed by atoms with Crippen LogP contribution in [0.2, 0.25) is 0 Å². The van der Waals surface area contributed by atoms with Gasteiger partial charge < -0.3 is 19.4 Å². The number of amides is 2. The van der Waals surface area contributed by atoms with E-state index in [4.69, 9.17) is 9.15 Å². The number of rotatable bonds is 9. The van der Waals surface area contributed by atoms with Gasteiger partial charge in [-0.05, 0) is 63.4 Å². The Morgan fingerprint density at radius 1 is 0.976 bits per heavy atom. The first-order valence-corrected chi connectivity index (χ1v) is 13.6. The molecule has 0 radical (unpaired) electrons. The fraction of sp³-hybridized carbons (Fsp3) is 0.312. The Bertz CT molecular complexity index is 1560. The molecule has 0 saturated carbocycles. The first kappa shape index (κ1) is 29.3. The van der Waals surface area contributed by atoms with Crippen LogP contribution in [0, 0.1) is 6.92 Å². The van der Waals surface area contributed by atoms with Crippen molar-refractivity contribution in [1.82, 2.24) is 9.88 Å². The molecule has 0 aliphatic heterocycles. The average Bonchev–Trinajstić information content (AvgIpc) is 2.92. The van der Waals surface area contributed by atoms with Crippen molar-refractivity contribution in [2.24, 2.45) is 0 Å². The molecular formula is C32H36N4O5. The summed E-state index contributed by atoms with van der Waals surface area (Å²) in [6.45, 7) is 9.89. The summed E-state index contributed by atoms with van der Waals surface area (Å²) in [5, 5.41) is 6.00. The predicted octanol–water partition coefficient (Wildman–Crippen LogP) is 5.92. The highest BCUT2D eigenvalue weighted by Gasteiger charge is 2.26. The van der Waals surface area contributed by atoms with Crippen LogP contribution in [0.5, 0.6) is 0 Å². The minimum atomic E-state index is -0.733. The van der Waals surface area contributed by atoms with Gasteiger partial charge in [0.05, 0.1) is 10.9 Å². The standard InChI is InChI=1S/C32H36N4O5/c1-6-36(20-23-15-11-8-12-16-23)28(37)26(19-22-13-9-7-10-14-22)34-30-33-25-18-17-24(21(2)27(25)29(38)40-30)35-31(39)41-32(3,4)5/h7-18,26H,6,19-20H2,1-5H3,(H,33,34)(H,35,39)/t26-/m0/s1. The van der Waals surface area contributed by atoms with Gasteiger partial charge in [-0.25, -0.2) is 9.59 Å². The van der Waals surface area contributed by atoms with Crippen molar-refractivity contribution in [2.75, 3.05) is 17.2 Å². The van der Waals surface area contributed by atoms with Crippen LogP contribution in [-0.4, -0.2) is 40.1 Å². The minimum absolute atomic E-state index is 0.0557. The maximum Gasteiger partial charge on any atom is 0.412 e. The topological polar surface area (TPSA) is 114 Å². The van der Waals surface area contributed by atoms with Gasteiger partial charge in [-0.15, -0.1) is 0 Å². The van der Waals surface area contributed by atoms with E-state index in [-0.39, 0.29) is 17.3 Å². The molecule has 9 nitrogen and oxygen atoms in total. The summed E-state index contributed by atoms with van der Waals surface area (Å²) in [7, 11) is 0. The Balaban J connectivity index is 1.63. The molecule has 3 aromatic carbocycles. The molecule has 0 aliphatic rings. The zero-order valence-corrected chi connectivity index (χ0v) is 24.1. The second-order valence-corrected chi connectivity index (χ2v) is 10.8. The van der Waals surface area contributed by atoms with Gasteiger partial charge >= 0.3 is 11.7 Å². The smallest absolute Gasteiger partial charge is 0.412 e. The van der Waals surface area contributed by atoms with Crippen molar-refractivity contribution in [3.63, 3.8) is 0 Å². The quantitative estimate of drug-likeness (QED) is 0.263. The van der Waals surface area contributed by atoms with E-state index in [0.29, 0.717) is 36.3 Å². The van der Waals surface area contributed by atoms with Crippen molar-refractivity contribution in [3.05, 3.63) is 99.9 Å². The molecule has 4 aromatic rings. The second kappa shape index (κ2) is 12.7. The first-order chi connectivity index (χ1) is 19.5. The number of nitrogens with zero attached hydrogens (tertiary/aromatic N) is 2. The Kier molecular flexibility index (Phi) is 9.07. The number of benzene rings is 3. The van der Waals surface area contributed by atoms with Crippen molar-refractivity contribution in [2.45, 2.75) is 59.2 Å². The molecular weight excluding hydrogens is 520 g/mol. The molecule has 2 amide bonds. The highest BCUT2D eigenvalue weighted by molar-refractivity contribution is 5.93. The van der Waals surface area contributed by atoms with Crippen LogP contribution in [0.1, 0.15) is 44.4 Å². The minimum Gasteiger partial charge on any atom is -0.444 e. The molecule has 1 heterocycles. The summed E-state index contributed by atoms with van der Waals surface area (Å²) >= 11 is 0. The number of carbonyl (C=O) groups is 2. The predicted molar refractivity (Wildman–Crippen MR) is 160 cm³/mol. The fourth-order valence-corrected chi connectivity index (χ4v) is 4.50. The lowest BCUT2D eigenvalue weighted by molar-refractivity contribution is -0.132.